The molecule has 0 saturated heterocycles. The van der Waals surface area contributed by atoms with Gasteiger partial charge in [0.25, 0.3) is 0 Å². The average molecular weight is 136 g/mol. The third-order valence-electron chi connectivity index (χ3n) is 1.32. The summed E-state index contributed by atoms with van der Waals surface area (Å²) >= 11 is 0. The van der Waals surface area contributed by atoms with Gasteiger partial charge in [0.15, 0.2) is 0 Å². The summed E-state index contributed by atoms with van der Waals surface area (Å²) in [5.41, 5.74) is 0.581. The van der Waals surface area contributed by atoms with Gasteiger partial charge in [-0.25, -0.2) is 10.2 Å². The normalized spacial score (nSPS) is 13.0. The predicted octanol–water partition coefficient (Wildman–Crippen LogP) is 1.59. The van der Waals surface area contributed by atoms with Gasteiger partial charge in [0.2, 0.25) is 0 Å². The summed E-state index contributed by atoms with van der Waals surface area (Å²) < 4.78 is 0. The first-order valence-electron chi connectivity index (χ1n) is 3.13. The molecule has 0 aliphatic carbocycles. The molecule has 0 saturated carbocycles. The highest BCUT2D eigenvalue weighted by Gasteiger charge is 2.05. The van der Waals surface area contributed by atoms with E-state index in [1.165, 1.54) is 0 Å². The Kier molecular flexibility index (Phi) is 2.42. The summed E-state index contributed by atoms with van der Waals surface area (Å²) in [7, 11) is 0. The molecule has 1 rings (SSSR count). The van der Waals surface area contributed by atoms with Crippen molar-refractivity contribution in [2.75, 3.05) is 6.61 Å². The Hall–Kier alpha value is -0.860. The second-order valence-corrected chi connectivity index (χ2v) is 2.07. The molecule has 0 fully saturated rings. The standard InChI is InChI=1S/C8H8O2/c9-6-8(10)7-4-2-1-3-5-7/h1-5,8H,6H2. The van der Waals surface area contributed by atoms with Crippen molar-refractivity contribution in [3.05, 3.63) is 35.9 Å². The Balaban J connectivity index is 2.75. The summed E-state index contributed by atoms with van der Waals surface area (Å²) in [5.74, 6) is 0. The lowest BCUT2D eigenvalue weighted by Gasteiger charge is -2.01. The minimum atomic E-state index is -1.10. The second kappa shape index (κ2) is 3.34. The van der Waals surface area contributed by atoms with E-state index in [9.17, 15) is 10.2 Å². The summed E-state index contributed by atoms with van der Waals surface area (Å²) in [5, 5.41) is 20.9. The van der Waals surface area contributed by atoms with Crippen LogP contribution in [0.15, 0.2) is 30.3 Å². The lowest BCUT2D eigenvalue weighted by Crippen LogP contribution is -1.98. The third kappa shape index (κ3) is 1.56. The lowest BCUT2D eigenvalue weighted by atomic mass is 10.1. The van der Waals surface area contributed by atoms with Crippen molar-refractivity contribution in [1.29, 1.82) is 0 Å². The van der Waals surface area contributed by atoms with Crippen molar-refractivity contribution in [3.8, 4) is 0 Å². The van der Waals surface area contributed by atoms with Crippen LogP contribution < -0.4 is 0 Å². The van der Waals surface area contributed by atoms with Crippen LogP contribution in [0.25, 0.3) is 0 Å². The van der Waals surface area contributed by atoms with Crippen LogP contribution in [0.3, 0.4) is 0 Å². The van der Waals surface area contributed by atoms with E-state index in [0.717, 1.165) is 0 Å². The molecule has 0 spiro atoms. The molecule has 0 heterocycles. The first-order chi connectivity index (χ1) is 4.84. The van der Waals surface area contributed by atoms with E-state index in [1.807, 2.05) is 6.07 Å². The van der Waals surface area contributed by atoms with E-state index < -0.39 is 12.7 Å². The average Bonchev–Trinajstić information content (AvgIpc) is 2.05. The highest BCUT2D eigenvalue weighted by Crippen LogP contribution is 2.10. The Morgan fingerprint density at radius 1 is 1.20 bits per heavy atom. The van der Waals surface area contributed by atoms with Gasteiger partial charge in [-0.2, -0.15) is 0 Å². The van der Waals surface area contributed by atoms with Gasteiger partial charge < -0.3 is 0 Å². The van der Waals surface area contributed by atoms with Crippen LogP contribution in [-0.4, -0.2) is 6.61 Å². The van der Waals surface area contributed by atoms with Crippen LogP contribution in [0.5, 0.6) is 0 Å². The van der Waals surface area contributed by atoms with Gasteiger partial charge in [0.1, 0.15) is 12.7 Å². The van der Waals surface area contributed by atoms with Gasteiger partial charge in [-0.05, 0) is 5.56 Å². The van der Waals surface area contributed by atoms with Gasteiger partial charge >= 0.3 is 0 Å². The van der Waals surface area contributed by atoms with Crippen molar-refractivity contribution < 1.29 is 10.2 Å². The molecular formula is C8H8O2. The summed E-state index contributed by atoms with van der Waals surface area (Å²) in [6.45, 7) is -0.579. The molecular weight excluding hydrogens is 128 g/mol. The van der Waals surface area contributed by atoms with E-state index in [4.69, 9.17) is 0 Å². The molecule has 1 atom stereocenters. The molecule has 2 nitrogen and oxygen atoms in total. The third-order valence-corrected chi connectivity index (χ3v) is 1.32. The predicted molar refractivity (Wildman–Crippen MR) is 35.4 cm³/mol. The quantitative estimate of drug-likeness (QED) is 0.592. The van der Waals surface area contributed by atoms with Crippen LogP contribution in [-0.2, 0) is 10.2 Å². The summed E-state index contributed by atoms with van der Waals surface area (Å²) in [6.07, 6.45) is -1.10. The molecule has 0 amide bonds. The smallest absolute Gasteiger partial charge is 0.144 e. The van der Waals surface area contributed by atoms with E-state index >= 15 is 0 Å². The molecule has 1 aromatic carbocycles. The Bertz CT molecular complexity index is 184. The molecule has 0 aliphatic heterocycles. The number of hydrogen-bond acceptors (Lipinski definition) is 0. The fourth-order valence-corrected chi connectivity index (χ4v) is 0.764. The lowest BCUT2D eigenvalue weighted by molar-refractivity contribution is 0.00609. The van der Waals surface area contributed by atoms with Gasteiger partial charge in [0, 0.05) is 0 Å². The largest absolute Gasteiger partial charge is 0.233 e. The van der Waals surface area contributed by atoms with E-state index in [-0.39, 0.29) is 0 Å². The van der Waals surface area contributed by atoms with Gasteiger partial charge in [-0.15, -0.1) is 0 Å². The molecule has 2 radical (unpaired) electrons. The molecule has 0 N–H and O–H groups in total. The van der Waals surface area contributed by atoms with Crippen molar-refractivity contribution in [1.82, 2.24) is 0 Å². The first-order valence-corrected chi connectivity index (χ1v) is 3.13. The molecule has 2 heteroatoms. The van der Waals surface area contributed by atoms with Crippen LogP contribution in [0, 0.1) is 0 Å². The van der Waals surface area contributed by atoms with Crippen LogP contribution >= 0.6 is 0 Å². The Morgan fingerprint density at radius 3 is 2.30 bits per heavy atom. The van der Waals surface area contributed by atoms with Crippen molar-refractivity contribution in [2.45, 2.75) is 6.10 Å². The molecule has 1 aromatic rings. The minimum absolute atomic E-state index is 0.579. The summed E-state index contributed by atoms with van der Waals surface area (Å²) in [4.78, 5) is 0. The zero-order valence-corrected chi connectivity index (χ0v) is 5.49. The van der Waals surface area contributed by atoms with Crippen LogP contribution in [0.1, 0.15) is 11.7 Å². The number of rotatable bonds is 2. The number of benzene rings is 1. The molecule has 10 heavy (non-hydrogen) atoms. The fraction of sp³-hybridized carbons (Fsp3) is 0.250. The van der Waals surface area contributed by atoms with Crippen molar-refractivity contribution >= 4 is 0 Å². The fourth-order valence-electron chi connectivity index (χ4n) is 0.764. The molecule has 0 bridgehead atoms. The van der Waals surface area contributed by atoms with E-state index in [0.29, 0.717) is 5.56 Å². The van der Waals surface area contributed by atoms with E-state index in [1.54, 1.807) is 24.3 Å². The monoisotopic (exact) mass is 136 g/mol. The zero-order chi connectivity index (χ0) is 7.40. The molecule has 0 aromatic heterocycles. The number of hydrogen-bond donors (Lipinski definition) is 0. The molecule has 52 valence electrons. The van der Waals surface area contributed by atoms with Gasteiger partial charge in [0.05, 0.1) is 0 Å². The zero-order valence-electron chi connectivity index (χ0n) is 5.49. The SMILES string of the molecule is [O]CC([O])c1ccccc1. The Labute approximate surface area is 59.7 Å². The molecule has 1 unspecified atom stereocenters. The van der Waals surface area contributed by atoms with E-state index in [2.05, 4.69) is 0 Å². The van der Waals surface area contributed by atoms with Crippen LogP contribution in [0.2, 0.25) is 0 Å². The van der Waals surface area contributed by atoms with Crippen molar-refractivity contribution in [2.24, 2.45) is 0 Å². The maximum atomic E-state index is 10.8. The highest BCUT2D eigenvalue weighted by molar-refractivity contribution is 5.16. The molecule has 0 aliphatic rings. The minimum Gasteiger partial charge on any atom is -0.233 e. The van der Waals surface area contributed by atoms with Gasteiger partial charge in [-0.3, -0.25) is 0 Å². The Morgan fingerprint density at radius 2 is 1.80 bits per heavy atom. The topological polar surface area (TPSA) is 39.8 Å². The maximum absolute atomic E-state index is 10.8. The van der Waals surface area contributed by atoms with Crippen molar-refractivity contribution in [3.63, 3.8) is 0 Å². The highest BCUT2D eigenvalue weighted by atomic mass is 16.3. The maximum Gasteiger partial charge on any atom is 0.144 e. The van der Waals surface area contributed by atoms with Crippen LogP contribution in [0.4, 0.5) is 0 Å². The second-order valence-electron chi connectivity index (χ2n) is 2.07. The van der Waals surface area contributed by atoms with Gasteiger partial charge in [-0.1, -0.05) is 30.3 Å². The summed E-state index contributed by atoms with van der Waals surface area (Å²) in [6, 6.07) is 8.69. The first kappa shape index (κ1) is 7.25.